The van der Waals surface area contributed by atoms with Gasteiger partial charge in [-0.1, -0.05) is 20.8 Å². The number of likely N-dealkylation sites (N-methyl/N-ethyl adjacent to an activating group) is 1. The Balaban J connectivity index is 1.84. The van der Waals surface area contributed by atoms with Crippen LogP contribution in [0.3, 0.4) is 0 Å². The molecule has 2 atom stereocenters. The van der Waals surface area contributed by atoms with Gasteiger partial charge in [-0.25, -0.2) is 4.98 Å². The van der Waals surface area contributed by atoms with E-state index in [1.165, 1.54) is 22.0 Å². The second-order valence-electron chi connectivity index (χ2n) is 7.00. The van der Waals surface area contributed by atoms with E-state index in [4.69, 9.17) is 9.72 Å². The minimum absolute atomic E-state index is 0.162. The molecule has 2 unspecified atom stereocenters. The second-order valence-corrected chi connectivity index (χ2v) is 8.06. The Morgan fingerprint density at radius 2 is 2.29 bits per heavy atom. The van der Waals surface area contributed by atoms with Gasteiger partial charge in [0.1, 0.15) is 11.1 Å². The van der Waals surface area contributed by atoms with Crippen LogP contribution in [0.1, 0.15) is 54.9 Å². The van der Waals surface area contributed by atoms with Crippen LogP contribution >= 0.6 is 11.3 Å². The summed E-state index contributed by atoms with van der Waals surface area (Å²) in [4.78, 5) is 8.85. The summed E-state index contributed by atoms with van der Waals surface area (Å²) in [5.41, 5.74) is 1.62. The third-order valence-corrected chi connectivity index (χ3v) is 5.99. The lowest BCUT2D eigenvalue weighted by molar-refractivity contribution is -0.0283. The van der Waals surface area contributed by atoms with E-state index in [1.807, 2.05) is 11.3 Å². The zero-order valence-electron chi connectivity index (χ0n) is 13.6. The minimum atomic E-state index is 0.162. The molecule has 0 bridgehead atoms. The van der Waals surface area contributed by atoms with Crippen LogP contribution in [0.15, 0.2) is 0 Å². The zero-order chi connectivity index (χ0) is 15.0. The minimum Gasteiger partial charge on any atom is -0.368 e. The van der Waals surface area contributed by atoms with E-state index in [0.29, 0.717) is 11.5 Å². The van der Waals surface area contributed by atoms with Crippen molar-refractivity contribution in [2.75, 3.05) is 33.3 Å². The fraction of sp³-hybridized carbons (Fsp3) is 0.812. The van der Waals surface area contributed by atoms with Crippen molar-refractivity contribution in [3.05, 3.63) is 15.6 Å². The first kappa shape index (κ1) is 15.4. The molecule has 118 valence electrons. The number of rotatable bonds is 3. The van der Waals surface area contributed by atoms with Crippen molar-refractivity contribution in [3.8, 4) is 0 Å². The number of nitrogens with zero attached hydrogens (tertiary/aromatic N) is 2. The lowest BCUT2D eigenvalue weighted by Gasteiger charge is -2.34. The SMILES string of the molecule is CCN1CCOC(c2nc3c(s2)C(NC)CC(C)(C)C3)C1. The number of hydrogen-bond acceptors (Lipinski definition) is 5. The molecule has 1 aliphatic carbocycles. The molecule has 5 heteroatoms. The van der Waals surface area contributed by atoms with Gasteiger partial charge in [-0.2, -0.15) is 0 Å². The van der Waals surface area contributed by atoms with E-state index < -0.39 is 0 Å². The average Bonchev–Trinajstić information content (AvgIpc) is 2.89. The summed E-state index contributed by atoms with van der Waals surface area (Å²) in [7, 11) is 2.06. The van der Waals surface area contributed by atoms with Crippen molar-refractivity contribution in [1.29, 1.82) is 0 Å². The highest BCUT2D eigenvalue weighted by atomic mass is 32.1. The van der Waals surface area contributed by atoms with Gasteiger partial charge in [0.15, 0.2) is 0 Å². The van der Waals surface area contributed by atoms with Crippen molar-refractivity contribution >= 4 is 11.3 Å². The predicted molar refractivity (Wildman–Crippen MR) is 86.8 cm³/mol. The summed E-state index contributed by atoms with van der Waals surface area (Å²) in [6.45, 7) is 10.8. The highest BCUT2D eigenvalue weighted by molar-refractivity contribution is 7.12. The fourth-order valence-electron chi connectivity index (χ4n) is 3.46. The van der Waals surface area contributed by atoms with E-state index >= 15 is 0 Å². The number of thiazole rings is 1. The first-order valence-corrected chi connectivity index (χ1v) is 8.85. The van der Waals surface area contributed by atoms with E-state index in [2.05, 4.69) is 38.0 Å². The van der Waals surface area contributed by atoms with Crippen molar-refractivity contribution in [2.24, 2.45) is 5.41 Å². The lowest BCUT2D eigenvalue weighted by Crippen LogP contribution is -2.38. The van der Waals surface area contributed by atoms with Gasteiger partial charge in [0, 0.05) is 24.0 Å². The number of ether oxygens (including phenoxy) is 1. The molecule has 21 heavy (non-hydrogen) atoms. The normalized spacial score (nSPS) is 29.3. The summed E-state index contributed by atoms with van der Waals surface area (Å²) in [6, 6.07) is 0.445. The van der Waals surface area contributed by atoms with Crippen LogP contribution < -0.4 is 5.32 Å². The molecule has 1 saturated heterocycles. The Morgan fingerprint density at radius 1 is 1.48 bits per heavy atom. The largest absolute Gasteiger partial charge is 0.368 e. The summed E-state index contributed by atoms with van der Waals surface area (Å²) in [5.74, 6) is 0. The van der Waals surface area contributed by atoms with Crippen LogP contribution in [-0.4, -0.2) is 43.2 Å². The van der Waals surface area contributed by atoms with Crippen LogP contribution in [0, 0.1) is 5.41 Å². The topological polar surface area (TPSA) is 37.4 Å². The molecule has 0 amide bonds. The quantitative estimate of drug-likeness (QED) is 0.931. The molecular weight excluding hydrogens is 282 g/mol. The number of hydrogen-bond donors (Lipinski definition) is 1. The van der Waals surface area contributed by atoms with Gasteiger partial charge in [-0.3, -0.25) is 4.90 Å². The smallest absolute Gasteiger partial charge is 0.123 e. The average molecular weight is 309 g/mol. The highest BCUT2D eigenvalue weighted by Crippen LogP contribution is 2.44. The third kappa shape index (κ3) is 3.16. The van der Waals surface area contributed by atoms with Crippen molar-refractivity contribution < 1.29 is 4.74 Å². The Hall–Kier alpha value is -0.490. The van der Waals surface area contributed by atoms with E-state index in [-0.39, 0.29) is 6.10 Å². The van der Waals surface area contributed by atoms with Crippen LogP contribution in [0.5, 0.6) is 0 Å². The summed E-state index contributed by atoms with van der Waals surface area (Å²) in [5, 5.41) is 4.65. The Labute approximate surface area is 131 Å². The molecule has 1 aromatic rings. The number of fused-ring (bicyclic) bond motifs is 1. The van der Waals surface area contributed by atoms with Gasteiger partial charge < -0.3 is 10.1 Å². The molecule has 1 N–H and O–H groups in total. The van der Waals surface area contributed by atoms with Gasteiger partial charge >= 0.3 is 0 Å². The van der Waals surface area contributed by atoms with Crippen molar-refractivity contribution in [2.45, 2.75) is 45.8 Å². The van der Waals surface area contributed by atoms with Gasteiger partial charge in [0.05, 0.1) is 12.3 Å². The molecule has 2 heterocycles. The third-order valence-electron chi connectivity index (χ3n) is 4.68. The van der Waals surface area contributed by atoms with Crippen molar-refractivity contribution in [3.63, 3.8) is 0 Å². The maximum Gasteiger partial charge on any atom is 0.123 e. The predicted octanol–water partition coefficient (Wildman–Crippen LogP) is 2.77. The molecular formula is C16H27N3OS. The molecule has 0 saturated carbocycles. The van der Waals surface area contributed by atoms with Crippen LogP contribution in [0.4, 0.5) is 0 Å². The van der Waals surface area contributed by atoms with Crippen molar-refractivity contribution in [1.82, 2.24) is 15.2 Å². The summed E-state index contributed by atoms with van der Waals surface area (Å²) in [6.07, 6.45) is 2.43. The number of aromatic nitrogens is 1. The van der Waals surface area contributed by atoms with Crippen LogP contribution in [0.2, 0.25) is 0 Å². The van der Waals surface area contributed by atoms with Gasteiger partial charge in [-0.15, -0.1) is 11.3 Å². The van der Waals surface area contributed by atoms with E-state index in [0.717, 1.165) is 32.7 Å². The number of nitrogens with one attached hydrogen (secondary N) is 1. The summed E-state index contributed by atoms with van der Waals surface area (Å²) < 4.78 is 5.98. The Bertz CT molecular complexity index is 500. The Morgan fingerprint density at radius 3 is 3.00 bits per heavy atom. The maximum absolute atomic E-state index is 5.98. The molecule has 0 spiro atoms. The standard InChI is InChI=1S/C16H27N3OS/c1-5-19-6-7-20-13(10-19)15-18-12-9-16(2,3)8-11(17-4)14(12)21-15/h11,13,17H,5-10H2,1-4H3. The molecule has 4 nitrogen and oxygen atoms in total. The van der Waals surface area contributed by atoms with Gasteiger partial charge in [-0.05, 0) is 31.8 Å². The first-order chi connectivity index (χ1) is 10.0. The molecule has 1 aromatic heterocycles. The first-order valence-electron chi connectivity index (χ1n) is 8.03. The van der Waals surface area contributed by atoms with E-state index in [1.54, 1.807) is 0 Å². The zero-order valence-corrected chi connectivity index (χ0v) is 14.4. The molecule has 0 aromatic carbocycles. The molecule has 3 rings (SSSR count). The van der Waals surface area contributed by atoms with Gasteiger partial charge in [0.2, 0.25) is 0 Å². The molecule has 0 radical (unpaired) electrons. The molecule has 1 aliphatic heterocycles. The van der Waals surface area contributed by atoms with E-state index in [9.17, 15) is 0 Å². The monoisotopic (exact) mass is 309 g/mol. The molecule has 2 aliphatic rings. The van der Waals surface area contributed by atoms with Gasteiger partial charge in [0.25, 0.3) is 0 Å². The van der Waals surface area contributed by atoms with Crippen LogP contribution in [0.25, 0.3) is 0 Å². The molecule has 1 fully saturated rings. The summed E-state index contributed by atoms with van der Waals surface area (Å²) >= 11 is 1.86. The Kier molecular flexibility index (Phi) is 4.37. The van der Waals surface area contributed by atoms with Crippen LogP contribution in [-0.2, 0) is 11.2 Å². The number of morpholine rings is 1. The highest BCUT2D eigenvalue weighted by Gasteiger charge is 2.35. The second kappa shape index (κ2) is 5.95. The fourth-order valence-corrected chi connectivity index (χ4v) is 4.70. The maximum atomic E-state index is 5.98. The lowest BCUT2D eigenvalue weighted by atomic mass is 9.76.